The number of ether oxygens (including phenoxy) is 3. The van der Waals surface area contributed by atoms with E-state index in [4.69, 9.17) is 14.2 Å². The first-order chi connectivity index (χ1) is 31.5. The van der Waals surface area contributed by atoms with Crippen molar-refractivity contribution in [2.75, 3.05) is 13.2 Å². The molecule has 0 amide bonds. The van der Waals surface area contributed by atoms with Crippen LogP contribution in [0.25, 0.3) is 0 Å². The normalized spacial score (nSPS) is 12.0. The fourth-order valence-electron chi connectivity index (χ4n) is 8.68. The maximum absolute atomic E-state index is 12.7. The first-order valence-corrected chi connectivity index (χ1v) is 28.7. The van der Waals surface area contributed by atoms with E-state index in [0.29, 0.717) is 19.3 Å². The molecule has 0 aliphatic rings. The lowest BCUT2D eigenvalue weighted by atomic mass is 10.0. The van der Waals surface area contributed by atoms with Gasteiger partial charge in [-0.05, 0) is 44.9 Å². The highest BCUT2D eigenvalue weighted by Crippen LogP contribution is 2.17. The van der Waals surface area contributed by atoms with Gasteiger partial charge in [0.15, 0.2) is 6.10 Å². The third kappa shape index (κ3) is 51.1. The van der Waals surface area contributed by atoms with Crippen LogP contribution in [-0.2, 0) is 28.6 Å². The first-order valence-electron chi connectivity index (χ1n) is 28.7. The number of esters is 3. The standard InChI is InChI=1S/C58H110O6/c1-4-7-10-13-16-18-20-22-23-24-25-26-27-28-29-30-31-32-33-34-35-36-38-39-42-45-48-51-57(60)63-54-55(53-62-56(59)50-47-44-41-15-12-9-6-3)64-58(61)52-49-46-43-40-37-21-19-17-14-11-8-5-2/h17,19,55H,4-16,18,20-54H2,1-3H3/b19-17-. The Balaban J connectivity index is 3.99. The minimum absolute atomic E-state index is 0.0687. The Morgan fingerprint density at radius 1 is 0.297 bits per heavy atom. The smallest absolute Gasteiger partial charge is 0.306 e. The SMILES string of the molecule is CCCCC/C=C\CCCCCCCC(=O)OC(COC(=O)CCCCCCCCC)COC(=O)CCCCCCCCCCCCCCCCCCCCCCCCCCCCC. The Morgan fingerprint density at radius 3 is 0.812 bits per heavy atom. The van der Waals surface area contributed by atoms with Crippen LogP contribution in [0, 0.1) is 0 Å². The van der Waals surface area contributed by atoms with Crippen molar-refractivity contribution in [2.24, 2.45) is 0 Å². The molecule has 0 spiro atoms. The summed E-state index contributed by atoms with van der Waals surface area (Å²) in [5.74, 6) is -0.868. The van der Waals surface area contributed by atoms with Gasteiger partial charge in [-0.1, -0.05) is 270 Å². The minimum Gasteiger partial charge on any atom is -0.462 e. The van der Waals surface area contributed by atoms with Crippen molar-refractivity contribution in [3.8, 4) is 0 Å². The van der Waals surface area contributed by atoms with Gasteiger partial charge in [0, 0.05) is 19.3 Å². The van der Waals surface area contributed by atoms with Crippen molar-refractivity contribution in [1.29, 1.82) is 0 Å². The second-order valence-electron chi connectivity index (χ2n) is 19.6. The summed E-state index contributed by atoms with van der Waals surface area (Å²) in [7, 11) is 0. The fourth-order valence-corrected chi connectivity index (χ4v) is 8.68. The molecule has 64 heavy (non-hydrogen) atoms. The van der Waals surface area contributed by atoms with E-state index in [1.54, 1.807) is 0 Å². The van der Waals surface area contributed by atoms with Crippen molar-refractivity contribution in [3.63, 3.8) is 0 Å². The van der Waals surface area contributed by atoms with Gasteiger partial charge in [0.25, 0.3) is 0 Å². The molecule has 0 bridgehead atoms. The lowest BCUT2D eigenvalue weighted by Crippen LogP contribution is -2.30. The van der Waals surface area contributed by atoms with Gasteiger partial charge in [0.2, 0.25) is 0 Å². The van der Waals surface area contributed by atoms with E-state index in [0.717, 1.165) is 64.2 Å². The number of hydrogen-bond acceptors (Lipinski definition) is 6. The molecule has 378 valence electrons. The van der Waals surface area contributed by atoms with Gasteiger partial charge in [-0.25, -0.2) is 0 Å². The molecule has 0 aromatic rings. The van der Waals surface area contributed by atoms with Crippen LogP contribution < -0.4 is 0 Å². The summed E-state index contributed by atoms with van der Waals surface area (Å²) < 4.78 is 16.7. The molecule has 0 radical (unpaired) electrons. The minimum atomic E-state index is -0.766. The molecule has 0 aliphatic carbocycles. The van der Waals surface area contributed by atoms with Crippen molar-refractivity contribution < 1.29 is 28.6 Å². The van der Waals surface area contributed by atoms with Crippen LogP contribution in [0.3, 0.4) is 0 Å². The maximum atomic E-state index is 12.7. The van der Waals surface area contributed by atoms with Gasteiger partial charge in [-0.2, -0.15) is 0 Å². The molecule has 0 aliphatic heterocycles. The van der Waals surface area contributed by atoms with Crippen LogP contribution in [0.5, 0.6) is 0 Å². The maximum Gasteiger partial charge on any atom is 0.306 e. The Labute approximate surface area is 399 Å². The molecule has 0 aromatic heterocycles. The number of unbranched alkanes of at least 4 members (excludes halogenated alkanes) is 40. The third-order valence-corrected chi connectivity index (χ3v) is 13.0. The summed E-state index contributed by atoms with van der Waals surface area (Å²) in [6, 6.07) is 0. The summed E-state index contributed by atoms with van der Waals surface area (Å²) >= 11 is 0. The number of allylic oxidation sites excluding steroid dienone is 2. The monoisotopic (exact) mass is 903 g/mol. The van der Waals surface area contributed by atoms with E-state index < -0.39 is 6.10 Å². The number of carbonyl (C=O) groups is 3. The Hall–Kier alpha value is -1.85. The van der Waals surface area contributed by atoms with Crippen molar-refractivity contribution >= 4 is 17.9 Å². The van der Waals surface area contributed by atoms with Crippen molar-refractivity contribution in [1.82, 2.24) is 0 Å². The first kappa shape index (κ1) is 62.1. The number of rotatable bonds is 53. The predicted molar refractivity (Wildman–Crippen MR) is 275 cm³/mol. The second kappa shape index (κ2) is 53.8. The Kier molecular flexibility index (Phi) is 52.2. The summed E-state index contributed by atoms with van der Waals surface area (Å²) in [6.45, 7) is 6.61. The molecule has 6 nitrogen and oxygen atoms in total. The van der Waals surface area contributed by atoms with Crippen LogP contribution in [-0.4, -0.2) is 37.2 Å². The highest BCUT2D eigenvalue weighted by atomic mass is 16.6. The lowest BCUT2D eigenvalue weighted by Gasteiger charge is -2.18. The van der Waals surface area contributed by atoms with Crippen LogP contribution in [0.15, 0.2) is 12.2 Å². The molecule has 6 heteroatoms. The van der Waals surface area contributed by atoms with Gasteiger partial charge in [-0.15, -0.1) is 0 Å². The second-order valence-corrected chi connectivity index (χ2v) is 19.6. The van der Waals surface area contributed by atoms with Gasteiger partial charge in [0.05, 0.1) is 0 Å². The third-order valence-electron chi connectivity index (χ3n) is 13.0. The molecule has 0 saturated heterocycles. The highest BCUT2D eigenvalue weighted by molar-refractivity contribution is 5.71. The van der Waals surface area contributed by atoms with Crippen LogP contribution in [0.2, 0.25) is 0 Å². The topological polar surface area (TPSA) is 78.9 Å². The molecule has 0 fully saturated rings. The van der Waals surface area contributed by atoms with Crippen molar-refractivity contribution in [3.05, 3.63) is 12.2 Å². The average Bonchev–Trinajstić information content (AvgIpc) is 3.29. The number of carbonyl (C=O) groups excluding carboxylic acids is 3. The zero-order chi connectivity index (χ0) is 46.5. The fraction of sp³-hybridized carbons (Fsp3) is 0.914. The largest absolute Gasteiger partial charge is 0.462 e. The lowest BCUT2D eigenvalue weighted by molar-refractivity contribution is -0.167. The Morgan fingerprint density at radius 2 is 0.516 bits per heavy atom. The number of hydrogen-bond donors (Lipinski definition) is 0. The van der Waals surface area contributed by atoms with Crippen LogP contribution in [0.1, 0.15) is 323 Å². The van der Waals surface area contributed by atoms with Gasteiger partial charge >= 0.3 is 17.9 Å². The van der Waals surface area contributed by atoms with E-state index in [2.05, 4.69) is 32.9 Å². The molecule has 1 atom stereocenters. The highest BCUT2D eigenvalue weighted by Gasteiger charge is 2.19. The van der Waals surface area contributed by atoms with E-state index in [-0.39, 0.29) is 31.1 Å². The summed E-state index contributed by atoms with van der Waals surface area (Å²) in [4.78, 5) is 37.8. The quantitative estimate of drug-likeness (QED) is 0.0262. The van der Waals surface area contributed by atoms with Crippen molar-refractivity contribution in [2.45, 2.75) is 329 Å². The average molecular weight is 904 g/mol. The van der Waals surface area contributed by atoms with Gasteiger partial charge < -0.3 is 14.2 Å². The zero-order valence-electron chi connectivity index (χ0n) is 43.3. The molecule has 1 unspecified atom stereocenters. The summed E-state index contributed by atoms with van der Waals surface area (Å²) in [5, 5.41) is 0. The van der Waals surface area contributed by atoms with E-state index in [9.17, 15) is 14.4 Å². The van der Waals surface area contributed by atoms with Crippen LogP contribution >= 0.6 is 0 Å². The van der Waals surface area contributed by atoms with Crippen LogP contribution in [0.4, 0.5) is 0 Å². The molecular formula is C58H110O6. The molecule has 0 saturated carbocycles. The van der Waals surface area contributed by atoms with Gasteiger partial charge in [0.1, 0.15) is 13.2 Å². The molecule has 0 aromatic carbocycles. The van der Waals surface area contributed by atoms with E-state index in [1.165, 1.54) is 218 Å². The predicted octanol–water partition coefficient (Wildman–Crippen LogP) is 18.9. The van der Waals surface area contributed by atoms with Gasteiger partial charge in [-0.3, -0.25) is 14.4 Å². The molecular weight excluding hydrogens is 793 g/mol. The molecule has 0 heterocycles. The molecule has 0 rings (SSSR count). The van der Waals surface area contributed by atoms with E-state index in [1.807, 2.05) is 0 Å². The summed E-state index contributed by atoms with van der Waals surface area (Å²) in [6.07, 6.45) is 61.0. The Bertz CT molecular complexity index is 993. The zero-order valence-corrected chi connectivity index (χ0v) is 43.3. The summed E-state index contributed by atoms with van der Waals surface area (Å²) in [5.41, 5.74) is 0. The van der Waals surface area contributed by atoms with E-state index >= 15 is 0 Å². The molecule has 0 N–H and O–H groups in total.